The first-order valence-electron chi connectivity index (χ1n) is 10.4. The molecule has 0 radical (unpaired) electrons. The van der Waals surface area contributed by atoms with Crippen LogP contribution in [0.1, 0.15) is 22.3 Å². The maximum atomic E-state index is 2.37. The normalized spacial score (nSPS) is 11.1. The number of hydrogen-bond donors (Lipinski definition) is 0. The predicted molar refractivity (Wildman–Crippen MR) is 129 cm³/mol. The van der Waals surface area contributed by atoms with Crippen LogP contribution in [-0.2, 0) is 0 Å². The van der Waals surface area contributed by atoms with Crippen LogP contribution in [0.2, 0.25) is 0 Å². The summed E-state index contributed by atoms with van der Waals surface area (Å²) < 4.78 is 0. The van der Waals surface area contributed by atoms with Gasteiger partial charge >= 0.3 is 51.4 Å². The van der Waals surface area contributed by atoms with Crippen molar-refractivity contribution in [2.75, 3.05) is 0 Å². The second kappa shape index (κ2) is 9.81. The molecule has 0 aliphatic carbocycles. The van der Waals surface area contributed by atoms with Gasteiger partial charge in [-0.15, -0.1) is 0 Å². The van der Waals surface area contributed by atoms with Gasteiger partial charge in [-0.2, -0.15) is 21.9 Å². The molecule has 0 aliphatic rings. The van der Waals surface area contributed by atoms with Crippen LogP contribution < -0.4 is 73.2 Å². The van der Waals surface area contributed by atoms with E-state index in [0.717, 1.165) is 0 Å². The largest absolute Gasteiger partial charge is 1.00 e. The van der Waals surface area contributed by atoms with Crippen molar-refractivity contribution in [3.8, 4) is 0 Å². The van der Waals surface area contributed by atoms with E-state index in [-0.39, 0.29) is 51.4 Å². The number of aryl methyl sites for hydroxylation is 4. The van der Waals surface area contributed by atoms with Crippen molar-refractivity contribution in [1.29, 1.82) is 0 Å². The average Bonchev–Trinajstić information content (AvgIpc) is 2.69. The Bertz CT molecular complexity index is 975. The van der Waals surface area contributed by atoms with E-state index in [1.54, 1.807) is 0 Å². The first-order valence-corrected chi connectivity index (χ1v) is 10.4. The fourth-order valence-corrected chi connectivity index (χ4v) is 4.91. The van der Waals surface area contributed by atoms with E-state index < -0.39 is 6.15 Å². The van der Waals surface area contributed by atoms with Crippen LogP contribution in [0.4, 0.5) is 0 Å². The van der Waals surface area contributed by atoms with Gasteiger partial charge in [0.25, 0.3) is 0 Å². The van der Waals surface area contributed by atoms with E-state index in [2.05, 4.69) is 125 Å². The van der Waals surface area contributed by atoms with Crippen LogP contribution >= 0.6 is 0 Å². The van der Waals surface area contributed by atoms with Crippen LogP contribution in [0, 0.1) is 27.7 Å². The van der Waals surface area contributed by atoms with Crippen LogP contribution in [0.15, 0.2) is 97.1 Å². The van der Waals surface area contributed by atoms with Crippen molar-refractivity contribution in [3.05, 3.63) is 119 Å². The van der Waals surface area contributed by atoms with Crippen LogP contribution in [0.5, 0.6) is 0 Å². The molecule has 0 heterocycles. The second-order valence-corrected chi connectivity index (χ2v) is 8.52. The van der Waals surface area contributed by atoms with Crippen molar-refractivity contribution in [3.63, 3.8) is 0 Å². The average molecular weight is 414 g/mol. The molecule has 0 amide bonds. The Balaban J connectivity index is 0.00000256. The Labute approximate surface area is 224 Å². The minimum atomic E-state index is -1.29. The van der Waals surface area contributed by atoms with Crippen molar-refractivity contribution >= 4 is 28.0 Å². The molecule has 0 bridgehead atoms. The van der Waals surface area contributed by atoms with Gasteiger partial charge in [0.05, 0.1) is 0 Å². The van der Waals surface area contributed by atoms with Gasteiger partial charge in [0.15, 0.2) is 0 Å². The van der Waals surface area contributed by atoms with Crippen LogP contribution in [0.3, 0.4) is 0 Å². The summed E-state index contributed by atoms with van der Waals surface area (Å²) in [5.41, 5.74) is 10.6. The third-order valence-corrected chi connectivity index (χ3v) is 6.17. The summed E-state index contributed by atoms with van der Waals surface area (Å²) in [6, 6.07) is 36.2. The fraction of sp³-hybridized carbons (Fsp3) is 0.143. The third-order valence-electron chi connectivity index (χ3n) is 6.17. The quantitative estimate of drug-likeness (QED) is 0.442. The van der Waals surface area contributed by atoms with Gasteiger partial charge in [0, 0.05) is 0 Å². The molecule has 2 heteroatoms. The van der Waals surface area contributed by atoms with E-state index >= 15 is 0 Å². The summed E-state index contributed by atoms with van der Waals surface area (Å²) in [4.78, 5) is 0. The summed E-state index contributed by atoms with van der Waals surface area (Å²) in [6.45, 7) is 8.75. The molecular weight excluding hydrogens is 386 g/mol. The topological polar surface area (TPSA) is 0 Å². The zero-order valence-corrected chi connectivity index (χ0v) is 21.9. The Morgan fingerprint density at radius 1 is 0.400 bits per heavy atom. The number of hydrogen-bond acceptors (Lipinski definition) is 0. The number of rotatable bonds is 4. The molecule has 4 rings (SSSR count). The van der Waals surface area contributed by atoms with Gasteiger partial charge in [-0.25, -0.2) is 0 Å². The minimum absolute atomic E-state index is 0. The van der Waals surface area contributed by atoms with Crippen molar-refractivity contribution in [2.45, 2.75) is 27.7 Å². The summed E-state index contributed by atoms with van der Waals surface area (Å²) in [5, 5.41) is 0. The first kappa shape index (κ1) is 23.2. The van der Waals surface area contributed by atoms with Crippen molar-refractivity contribution in [2.24, 2.45) is 0 Å². The molecule has 144 valence electrons. The van der Waals surface area contributed by atoms with Gasteiger partial charge < -0.3 is 0 Å². The summed E-state index contributed by atoms with van der Waals surface area (Å²) in [6.07, 6.45) is -1.29. The maximum absolute atomic E-state index is 2.37. The summed E-state index contributed by atoms with van der Waals surface area (Å²) in [7, 11) is 0. The molecule has 0 atom stereocenters. The first-order chi connectivity index (χ1) is 14.0. The van der Waals surface area contributed by atoms with Crippen molar-refractivity contribution < 1.29 is 51.4 Å². The summed E-state index contributed by atoms with van der Waals surface area (Å²) >= 11 is 0. The van der Waals surface area contributed by atoms with Gasteiger partial charge in [-0.3, -0.25) is 0 Å². The Morgan fingerprint density at radius 2 is 0.633 bits per heavy atom. The van der Waals surface area contributed by atoms with Gasteiger partial charge in [-0.05, 0) is 27.7 Å². The molecule has 0 saturated heterocycles. The Kier molecular flexibility index (Phi) is 7.60. The third kappa shape index (κ3) is 4.44. The van der Waals surface area contributed by atoms with E-state index in [1.165, 1.54) is 44.1 Å². The molecule has 0 saturated carbocycles. The van der Waals surface area contributed by atoms with Crippen LogP contribution in [0.25, 0.3) is 0 Å². The van der Waals surface area contributed by atoms with E-state index in [4.69, 9.17) is 0 Å². The SMILES string of the molecule is Cc1cccc([B-](c2cccc(C)c2)(c2cccc(C)c2)c2cccc(C)c2)c1.[K+]. The monoisotopic (exact) mass is 414 g/mol. The van der Waals surface area contributed by atoms with E-state index in [1.807, 2.05) is 0 Å². The Hall–Kier alpha value is -1.42. The van der Waals surface area contributed by atoms with Crippen LogP contribution in [-0.4, -0.2) is 6.15 Å². The predicted octanol–water partition coefficient (Wildman–Crippen LogP) is 1.30. The van der Waals surface area contributed by atoms with E-state index in [0.29, 0.717) is 0 Å². The molecule has 4 aromatic rings. The zero-order valence-electron chi connectivity index (χ0n) is 18.8. The molecule has 4 aromatic carbocycles. The minimum Gasteiger partial charge on any atom is -0.195 e. The van der Waals surface area contributed by atoms with E-state index in [9.17, 15) is 0 Å². The molecular formula is C28H28BK. The van der Waals surface area contributed by atoms with Crippen molar-refractivity contribution in [1.82, 2.24) is 0 Å². The van der Waals surface area contributed by atoms with Gasteiger partial charge in [0.2, 0.25) is 0 Å². The smallest absolute Gasteiger partial charge is 0.195 e. The standard InChI is InChI=1S/C28H28B.K/c1-21-9-5-13-25(17-21)29(26-14-6-10-22(2)18-26,27-15-7-11-23(3)19-27)28-16-8-12-24(4)20-28;/h5-20H,1-4H3;/q-1;+1. The molecule has 30 heavy (non-hydrogen) atoms. The fourth-order valence-electron chi connectivity index (χ4n) is 4.91. The molecule has 0 fully saturated rings. The second-order valence-electron chi connectivity index (χ2n) is 8.52. The molecule has 0 unspecified atom stereocenters. The summed E-state index contributed by atoms with van der Waals surface area (Å²) in [5.74, 6) is 0. The van der Waals surface area contributed by atoms with Gasteiger partial charge in [-0.1, -0.05) is 119 Å². The zero-order chi connectivity index (χ0) is 20.4. The molecule has 0 spiro atoms. The molecule has 0 aromatic heterocycles. The molecule has 0 N–H and O–H groups in total. The molecule has 0 aliphatic heterocycles. The van der Waals surface area contributed by atoms with Gasteiger partial charge in [0.1, 0.15) is 6.15 Å². The maximum Gasteiger partial charge on any atom is 1.00 e. The Morgan fingerprint density at radius 3 is 0.833 bits per heavy atom. The number of benzene rings is 4. The molecule has 0 nitrogen and oxygen atoms in total.